The van der Waals surface area contributed by atoms with Gasteiger partial charge in [0.05, 0.1) is 16.6 Å². The number of benzene rings is 2. The number of hydrogen-bond acceptors (Lipinski definition) is 5. The number of sulfonamides is 1. The molecule has 0 saturated carbocycles. The van der Waals surface area contributed by atoms with Crippen LogP contribution in [-0.4, -0.2) is 35.9 Å². The average molecular weight is 494 g/mol. The van der Waals surface area contributed by atoms with E-state index in [1.54, 1.807) is 28.7 Å². The Labute approximate surface area is 207 Å². The highest BCUT2D eigenvalue weighted by Crippen LogP contribution is 2.37. The summed E-state index contributed by atoms with van der Waals surface area (Å²) in [5.41, 5.74) is 1.76. The van der Waals surface area contributed by atoms with Gasteiger partial charge in [-0.1, -0.05) is 42.0 Å². The van der Waals surface area contributed by atoms with Crippen LogP contribution < -0.4 is 4.90 Å². The number of carbonyl (C=O) groups is 1. The summed E-state index contributed by atoms with van der Waals surface area (Å²) in [7, 11) is -3.63. The molecule has 7 nitrogen and oxygen atoms in total. The molecule has 3 aromatic rings. The minimum atomic E-state index is -3.63. The van der Waals surface area contributed by atoms with Gasteiger partial charge in [-0.25, -0.2) is 23.1 Å². The zero-order valence-electron chi connectivity index (χ0n) is 20.5. The average Bonchev–Trinajstić information content (AvgIpc) is 3.31. The van der Waals surface area contributed by atoms with Gasteiger partial charge >= 0.3 is 6.09 Å². The molecule has 1 aliphatic heterocycles. The van der Waals surface area contributed by atoms with Crippen molar-refractivity contribution in [1.29, 1.82) is 0 Å². The first-order chi connectivity index (χ1) is 16.6. The lowest BCUT2D eigenvalue weighted by atomic mass is 10.1. The van der Waals surface area contributed by atoms with Crippen molar-refractivity contribution in [2.45, 2.75) is 57.1 Å². The number of pyridine rings is 1. The van der Waals surface area contributed by atoms with Crippen molar-refractivity contribution in [3.05, 3.63) is 84.1 Å². The molecule has 184 valence electrons. The number of carbonyl (C=O) groups excluding carboxylic acids is 1. The van der Waals surface area contributed by atoms with E-state index in [0.717, 1.165) is 17.5 Å². The van der Waals surface area contributed by atoms with Gasteiger partial charge < -0.3 is 4.74 Å². The predicted octanol–water partition coefficient (Wildman–Crippen LogP) is 5.99. The van der Waals surface area contributed by atoms with Crippen LogP contribution in [0.25, 0.3) is 0 Å². The first kappa shape index (κ1) is 24.9. The van der Waals surface area contributed by atoms with E-state index in [1.165, 1.54) is 4.90 Å². The number of amides is 1. The van der Waals surface area contributed by atoms with Gasteiger partial charge in [-0.3, -0.25) is 0 Å². The second-order valence-corrected chi connectivity index (χ2v) is 11.6. The molecule has 0 radical (unpaired) electrons. The van der Waals surface area contributed by atoms with Crippen molar-refractivity contribution in [3.63, 3.8) is 0 Å². The van der Waals surface area contributed by atoms with Crippen LogP contribution in [-0.2, 0) is 14.8 Å². The van der Waals surface area contributed by atoms with Crippen molar-refractivity contribution in [2.24, 2.45) is 0 Å². The lowest BCUT2D eigenvalue weighted by Crippen LogP contribution is -2.34. The topological polar surface area (TPSA) is 79.8 Å². The molecule has 0 bridgehead atoms. The maximum atomic E-state index is 13.3. The van der Waals surface area contributed by atoms with Crippen LogP contribution in [0.4, 0.5) is 16.3 Å². The summed E-state index contributed by atoms with van der Waals surface area (Å²) in [5.74, 6) is 0.403. The molecule has 8 heteroatoms. The summed E-state index contributed by atoms with van der Waals surface area (Å²) < 4.78 is 33.9. The van der Waals surface area contributed by atoms with Crippen molar-refractivity contribution >= 4 is 27.6 Å². The van der Waals surface area contributed by atoms with Gasteiger partial charge in [-0.05, 0) is 76.4 Å². The van der Waals surface area contributed by atoms with Crippen LogP contribution in [0.1, 0.15) is 50.8 Å². The number of aryl methyl sites for hydroxylation is 1. The lowest BCUT2D eigenvalue weighted by molar-refractivity contribution is 0.0598. The van der Waals surface area contributed by atoms with Gasteiger partial charge in [0, 0.05) is 12.7 Å². The van der Waals surface area contributed by atoms with Crippen LogP contribution >= 0.6 is 0 Å². The Morgan fingerprint density at radius 3 is 2.31 bits per heavy atom. The third kappa shape index (κ3) is 5.55. The fourth-order valence-corrected chi connectivity index (χ4v) is 5.83. The highest BCUT2D eigenvalue weighted by Gasteiger charge is 2.36. The summed E-state index contributed by atoms with van der Waals surface area (Å²) in [6.07, 6.45) is 2.60. The van der Waals surface area contributed by atoms with E-state index < -0.39 is 21.7 Å². The van der Waals surface area contributed by atoms with Crippen LogP contribution in [0.15, 0.2) is 77.8 Å². The number of rotatable bonds is 5. The molecule has 2 aromatic carbocycles. The third-order valence-corrected chi connectivity index (χ3v) is 7.73. The van der Waals surface area contributed by atoms with Crippen molar-refractivity contribution < 1.29 is 17.9 Å². The maximum Gasteiger partial charge on any atom is 0.420 e. The molecule has 0 aliphatic carbocycles. The van der Waals surface area contributed by atoms with Gasteiger partial charge in [0.2, 0.25) is 10.0 Å². The molecular weight excluding hydrogens is 462 g/mol. The Hall–Kier alpha value is -3.23. The van der Waals surface area contributed by atoms with Crippen LogP contribution in [0.2, 0.25) is 0 Å². The van der Waals surface area contributed by atoms with Gasteiger partial charge in [0.1, 0.15) is 11.4 Å². The molecule has 0 N–H and O–H groups in total. The summed E-state index contributed by atoms with van der Waals surface area (Å²) in [6, 6.07) is 19.4. The molecule has 4 rings (SSSR count). The molecule has 0 unspecified atom stereocenters. The Morgan fingerprint density at radius 2 is 1.71 bits per heavy atom. The second kappa shape index (κ2) is 9.79. The first-order valence-corrected chi connectivity index (χ1v) is 13.1. The Morgan fingerprint density at radius 1 is 1.03 bits per heavy atom. The van der Waals surface area contributed by atoms with Crippen molar-refractivity contribution in [3.8, 4) is 0 Å². The molecule has 1 amide bonds. The number of para-hydroxylation sites is 1. The van der Waals surface area contributed by atoms with Gasteiger partial charge in [-0.2, -0.15) is 4.31 Å². The number of aromatic nitrogens is 1. The van der Waals surface area contributed by atoms with Crippen LogP contribution in [0, 0.1) is 6.92 Å². The molecule has 1 aromatic heterocycles. The van der Waals surface area contributed by atoms with Gasteiger partial charge in [0.15, 0.2) is 0 Å². The Balaban J connectivity index is 1.63. The molecule has 1 atom stereocenters. The van der Waals surface area contributed by atoms with E-state index in [1.807, 2.05) is 76.2 Å². The zero-order valence-corrected chi connectivity index (χ0v) is 21.3. The summed E-state index contributed by atoms with van der Waals surface area (Å²) in [5, 5.41) is 0. The minimum Gasteiger partial charge on any atom is -0.443 e. The van der Waals surface area contributed by atoms with Gasteiger partial charge in [-0.15, -0.1) is 0 Å². The van der Waals surface area contributed by atoms with E-state index in [-0.39, 0.29) is 6.04 Å². The third-order valence-electron chi connectivity index (χ3n) is 5.81. The molecule has 1 aliphatic rings. The number of nitrogens with zero attached hydrogens (tertiary/aromatic N) is 3. The quantitative estimate of drug-likeness (QED) is 0.436. The molecule has 0 spiro atoms. The van der Waals surface area contributed by atoms with Crippen LogP contribution in [0.3, 0.4) is 0 Å². The van der Waals surface area contributed by atoms with E-state index in [9.17, 15) is 13.2 Å². The molecule has 35 heavy (non-hydrogen) atoms. The SMILES string of the molecule is Cc1ccc(S(=O)(=O)N2CCC[C@H]2c2ccc(N(C(=O)OC(C)(C)C)c3ccccc3)nc2)cc1. The normalized spacial score (nSPS) is 16.7. The van der Waals surface area contributed by atoms with Gasteiger partial charge in [0.25, 0.3) is 0 Å². The van der Waals surface area contributed by atoms with E-state index in [2.05, 4.69) is 4.98 Å². The summed E-state index contributed by atoms with van der Waals surface area (Å²) in [4.78, 5) is 19.3. The van der Waals surface area contributed by atoms with Crippen molar-refractivity contribution in [1.82, 2.24) is 9.29 Å². The van der Waals surface area contributed by atoms with E-state index >= 15 is 0 Å². The lowest BCUT2D eigenvalue weighted by Gasteiger charge is -2.27. The summed E-state index contributed by atoms with van der Waals surface area (Å²) in [6.45, 7) is 7.82. The first-order valence-electron chi connectivity index (χ1n) is 11.7. The Bertz CT molecular complexity index is 1270. The van der Waals surface area contributed by atoms with Crippen molar-refractivity contribution in [2.75, 3.05) is 11.4 Å². The number of anilines is 2. The highest BCUT2D eigenvalue weighted by atomic mass is 32.2. The molecule has 2 heterocycles. The zero-order chi connectivity index (χ0) is 25.2. The molecular formula is C27H31N3O4S. The fraction of sp³-hybridized carbons (Fsp3) is 0.333. The smallest absolute Gasteiger partial charge is 0.420 e. The second-order valence-electron chi connectivity index (χ2n) is 9.69. The number of hydrogen-bond donors (Lipinski definition) is 0. The molecule has 1 fully saturated rings. The predicted molar refractivity (Wildman–Crippen MR) is 136 cm³/mol. The highest BCUT2D eigenvalue weighted by molar-refractivity contribution is 7.89. The standard InChI is InChI=1S/C27H31N3O4S/c1-20-12-15-23(16-13-20)35(32,33)29-18-8-11-24(29)21-14-17-25(28-19-21)30(22-9-6-5-7-10-22)26(31)34-27(2,3)4/h5-7,9-10,12-17,19,24H,8,11,18H2,1-4H3/t24-/m0/s1. The number of ether oxygens (including phenoxy) is 1. The minimum absolute atomic E-state index is 0.291. The summed E-state index contributed by atoms with van der Waals surface area (Å²) >= 11 is 0. The fourth-order valence-electron chi connectivity index (χ4n) is 4.15. The van der Waals surface area contributed by atoms with Crippen LogP contribution in [0.5, 0.6) is 0 Å². The monoisotopic (exact) mass is 493 g/mol. The largest absolute Gasteiger partial charge is 0.443 e. The van der Waals surface area contributed by atoms with E-state index in [0.29, 0.717) is 29.4 Å². The molecule has 1 saturated heterocycles. The maximum absolute atomic E-state index is 13.3. The Kier molecular flexibility index (Phi) is 6.96. The van der Waals surface area contributed by atoms with E-state index in [4.69, 9.17) is 4.74 Å².